The van der Waals surface area contributed by atoms with Crippen molar-refractivity contribution in [3.05, 3.63) is 39.3 Å². The second-order valence-electron chi connectivity index (χ2n) is 3.06. The number of halogens is 4. The molecule has 0 radical (unpaired) electrons. The molecular formula is C11H2BrF3N4. The molecule has 0 aliphatic carbocycles. The molecule has 0 bridgehead atoms. The zero-order valence-electron chi connectivity index (χ0n) is 8.93. The SMILES string of the molecule is N#CC(C#N)=C(C#N)Nc1cc(F)c(F)c(F)c1Br. The lowest BCUT2D eigenvalue weighted by Crippen LogP contribution is -2.04. The predicted octanol–water partition coefficient (Wildman–Crippen LogP) is 3.10. The molecule has 0 saturated heterocycles. The van der Waals surface area contributed by atoms with Gasteiger partial charge in [0.15, 0.2) is 23.0 Å². The summed E-state index contributed by atoms with van der Waals surface area (Å²) < 4.78 is 38.7. The zero-order chi connectivity index (χ0) is 14.6. The van der Waals surface area contributed by atoms with E-state index in [1.165, 1.54) is 18.2 Å². The molecule has 0 unspecified atom stereocenters. The van der Waals surface area contributed by atoms with E-state index in [-0.39, 0.29) is 5.69 Å². The van der Waals surface area contributed by atoms with Gasteiger partial charge >= 0.3 is 0 Å². The summed E-state index contributed by atoms with van der Waals surface area (Å²) in [4.78, 5) is 0. The number of benzene rings is 1. The lowest BCUT2D eigenvalue weighted by molar-refractivity contribution is 0.445. The molecule has 0 saturated carbocycles. The molecule has 0 aliphatic heterocycles. The number of nitrogens with one attached hydrogen (secondary N) is 1. The van der Waals surface area contributed by atoms with Crippen molar-refractivity contribution in [3.8, 4) is 18.2 Å². The van der Waals surface area contributed by atoms with Gasteiger partial charge < -0.3 is 5.32 Å². The molecule has 1 rings (SSSR count). The van der Waals surface area contributed by atoms with Crippen molar-refractivity contribution in [1.82, 2.24) is 0 Å². The number of rotatable bonds is 2. The molecule has 0 heterocycles. The maximum Gasteiger partial charge on any atom is 0.195 e. The highest BCUT2D eigenvalue weighted by molar-refractivity contribution is 9.10. The van der Waals surface area contributed by atoms with Gasteiger partial charge in [0.05, 0.1) is 10.2 Å². The molecule has 94 valence electrons. The lowest BCUT2D eigenvalue weighted by atomic mass is 10.2. The molecule has 0 spiro atoms. The van der Waals surface area contributed by atoms with Crippen molar-refractivity contribution in [2.45, 2.75) is 0 Å². The van der Waals surface area contributed by atoms with Gasteiger partial charge in [0.25, 0.3) is 0 Å². The van der Waals surface area contributed by atoms with Crippen LogP contribution in [0, 0.1) is 51.4 Å². The molecule has 0 aromatic heterocycles. The molecule has 1 aromatic rings. The summed E-state index contributed by atoms with van der Waals surface area (Å²) in [7, 11) is 0. The standard InChI is InChI=1S/C11H2BrF3N4/c12-9-7(1-6(13)10(14)11(9)15)19-8(4-18)5(2-16)3-17/h1,19H. The minimum absolute atomic E-state index is 0.323. The summed E-state index contributed by atoms with van der Waals surface area (Å²) in [5, 5.41) is 28.1. The summed E-state index contributed by atoms with van der Waals surface area (Å²) in [5.41, 5.74) is -1.40. The van der Waals surface area contributed by atoms with Gasteiger partial charge in [-0.05, 0) is 15.9 Å². The maximum atomic E-state index is 13.2. The molecule has 0 atom stereocenters. The van der Waals surface area contributed by atoms with Gasteiger partial charge in [0.1, 0.15) is 23.9 Å². The Morgan fingerprint density at radius 3 is 2.11 bits per heavy atom. The van der Waals surface area contributed by atoms with Crippen LogP contribution in [-0.2, 0) is 0 Å². The monoisotopic (exact) mass is 326 g/mol. The topological polar surface area (TPSA) is 83.4 Å². The highest BCUT2D eigenvalue weighted by atomic mass is 79.9. The number of allylic oxidation sites excluding steroid dienone is 2. The van der Waals surface area contributed by atoms with Crippen LogP contribution < -0.4 is 5.32 Å². The second kappa shape index (κ2) is 5.90. The second-order valence-corrected chi connectivity index (χ2v) is 3.85. The van der Waals surface area contributed by atoms with Gasteiger partial charge in [-0.1, -0.05) is 0 Å². The van der Waals surface area contributed by atoms with Gasteiger partial charge in [0, 0.05) is 6.07 Å². The third-order valence-electron chi connectivity index (χ3n) is 1.95. The third kappa shape index (κ3) is 2.85. The van der Waals surface area contributed by atoms with Crippen LogP contribution in [0.4, 0.5) is 18.9 Å². The Morgan fingerprint density at radius 2 is 1.63 bits per heavy atom. The van der Waals surface area contributed by atoms with E-state index in [1.54, 1.807) is 0 Å². The Kier molecular flexibility index (Phi) is 4.52. The van der Waals surface area contributed by atoms with E-state index in [0.29, 0.717) is 6.07 Å². The van der Waals surface area contributed by atoms with Crippen LogP contribution in [0.25, 0.3) is 0 Å². The Morgan fingerprint density at radius 1 is 1.05 bits per heavy atom. The van der Waals surface area contributed by atoms with Crippen molar-refractivity contribution < 1.29 is 13.2 Å². The molecule has 1 aromatic carbocycles. The third-order valence-corrected chi connectivity index (χ3v) is 2.72. The van der Waals surface area contributed by atoms with Crippen molar-refractivity contribution >= 4 is 21.6 Å². The summed E-state index contributed by atoms with van der Waals surface area (Å²) in [6.45, 7) is 0. The molecule has 0 fully saturated rings. The van der Waals surface area contributed by atoms with Crippen molar-refractivity contribution in [2.75, 3.05) is 5.32 Å². The van der Waals surface area contributed by atoms with Crippen LogP contribution in [0.2, 0.25) is 0 Å². The fourth-order valence-electron chi connectivity index (χ4n) is 1.08. The van der Waals surface area contributed by atoms with E-state index in [0.717, 1.165) is 0 Å². The van der Waals surface area contributed by atoms with E-state index >= 15 is 0 Å². The van der Waals surface area contributed by atoms with E-state index < -0.39 is 33.2 Å². The first-order valence-electron chi connectivity index (χ1n) is 4.50. The van der Waals surface area contributed by atoms with Gasteiger partial charge in [-0.2, -0.15) is 15.8 Å². The van der Waals surface area contributed by atoms with E-state index in [4.69, 9.17) is 15.8 Å². The van der Waals surface area contributed by atoms with Crippen LogP contribution >= 0.6 is 15.9 Å². The smallest absolute Gasteiger partial charge is 0.195 e. The normalized spacial score (nSPS) is 8.89. The Labute approximate surface area is 114 Å². The molecule has 0 aliphatic rings. The fourth-order valence-corrected chi connectivity index (χ4v) is 1.47. The molecule has 19 heavy (non-hydrogen) atoms. The van der Waals surface area contributed by atoms with Crippen molar-refractivity contribution in [3.63, 3.8) is 0 Å². The first-order chi connectivity index (χ1) is 8.96. The van der Waals surface area contributed by atoms with Crippen molar-refractivity contribution in [2.24, 2.45) is 0 Å². The van der Waals surface area contributed by atoms with Crippen molar-refractivity contribution in [1.29, 1.82) is 15.8 Å². The van der Waals surface area contributed by atoms with E-state index in [2.05, 4.69) is 21.2 Å². The van der Waals surface area contributed by atoms with Crippen LogP contribution in [0.15, 0.2) is 21.8 Å². The summed E-state index contributed by atoms with van der Waals surface area (Å²) in [6, 6.07) is 4.97. The van der Waals surface area contributed by atoms with Crippen LogP contribution in [-0.4, -0.2) is 0 Å². The zero-order valence-corrected chi connectivity index (χ0v) is 10.5. The van der Waals surface area contributed by atoms with E-state index in [9.17, 15) is 13.2 Å². The number of nitrogens with zero attached hydrogens (tertiary/aromatic N) is 3. The average molecular weight is 327 g/mol. The number of hydrogen-bond acceptors (Lipinski definition) is 4. The highest BCUT2D eigenvalue weighted by Gasteiger charge is 2.18. The first-order valence-corrected chi connectivity index (χ1v) is 5.30. The average Bonchev–Trinajstić information content (AvgIpc) is 2.42. The van der Waals surface area contributed by atoms with Gasteiger partial charge in [-0.15, -0.1) is 0 Å². The van der Waals surface area contributed by atoms with Gasteiger partial charge in [-0.25, -0.2) is 13.2 Å². The number of anilines is 1. The largest absolute Gasteiger partial charge is 0.344 e. The minimum Gasteiger partial charge on any atom is -0.344 e. The quantitative estimate of drug-likeness (QED) is 0.514. The van der Waals surface area contributed by atoms with Gasteiger partial charge in [0.2, 0.25) is 0 Å². The van der Waals surface area contributed by atoms with Crippen LogP contribution in [0.5, 0.6) is 0 Å². The number of nitriles is 3. The molecule has 4 nitrogen and oxygen atoms in total. The Hall–Kier alpha value is -2.50. The first kappa shape index (κ1) is 14.6. The van der Waals surface area contributed by atoms with E-state index in [1.807, 2.05) is 0 Å². The summed E-state index contributed by atoms with van der Waals surface area (Å²) >= 11 is 2.67. The van der Waals surface area contributed by atoms with Crippen LogP contribution in [0.1, 0.15) is 0 Å². The van der Waals surface area contributed by atoms with Crippen LogP contribution in [0.3, 0.4) is 0 Å². The Balaban J connectivity index is 3.38. The molecule has 0 amide bonds. The molecular weight excluding hydrogens is 325 g/mol. The fraction of sp³-hybridized carbons (Fsp3) is 0. The minimum atomic E-state index is -1.68. The number of hydrogen-bond donors (Lipinski definition) is 1. The lowest BCUT2D eigenvalue weighted by Gasteiger charge is -2.09. The van der Waals surface area contributed by atoms with Gasteiger partial charge in [-0.3, -0.25) is 0 Å². The highest BCUT2D eigenvalue weighted by Crippen LogP contribution is 2.30. The molecule has 8 heteroatoms. The summed E-state index contributed by atoms with van der Waals surface area (Å²) in [5.74, 6) is -4.65. The predicted molar refractivity (Wildman–Crippen MR) is 61.5 cm³/mol. The summed E-state index contributed by atoms with van der Waals surface area (Å²) in [6.07, 6.45) is 0. The molecule has 1 N–H and O–H groups in total. The maximum absolute atomic E-state index is 13.2. The Bertz CT molecular complexity index is 676.